The van der Waals surface area contributed by atoms with Gasteiger partial charge < -0.3 is 15.0 Å². The molecule has 2 atom stereocenters. The van der Waals surface area contributed by atoms with E-state index in [-0.39, 0.29) is 14.9 Å². The first-order chi connectivity index (χ1) is 8.65. The van der Waals surface area contributed by atoms with Crippen LogP contribution in [0.1, 0.15) is 6.92 Å². The number of carboxylic acid groups (broad SMARTS) is 1. The summed E-state index contributed by atoms with van der Waals surface area (Å²) in [6.45, 7) is 1.12. The third kappa shape index (κ3) is 4.05. The lowest BCUT2D eigenvalue weighted by Crippen LogP contribution is -2.53. The zero-order chi connectivity index (χ0) is 14.8. The molecule has 1 aromatic carbocycles. The summed E-state index contributed by atoms with van der Waals surface area (Å²) in [6, 6.07) is 1.72. The molecule has 0 aliphatic rings. The van der Waals surface area contributed by atoms with E-state index < -0.39 is 28.1 Å². The van der Waals surface area contributed by atoms with Gasteiger partial charge in [-0.3, -0.25) is 0 Å². The Bertz CT molecular complexity index is 588. The first kappa shape index (κ1) is 16.2. The van der Waals surface area contributed by atoms with Gasteiger partial charge in [-0.05, 0) is 25.1 Å². The fraction of sp³-hybridized carbons (Fsp3) is 0.300. The Kier molecular flexibility index (Phi) is 5.17. The van der Waals surface area contributed by atoms with Crippen LogP contribution in [0.25, 0.3) is 0 Å². The standard InChI is InChI=1S/C10H11Cl2NO5S/c1-5(14)9(10(15)16)13-19(17,18)6-2-3-7(11)8(12)4-6/h2-5,9,13-14H,1H3,(H,15,16)/p-1/t5-,9+/m0/s1. The van der Waals surface area contributed by atoms with E-state index in [1.807, 2.05) is 4.72 Å². The van der Waals surface area contributed by atoms with Crippen molar-refractivity contribution in [2.75, 3.05) is 0 Å². The topological polar surface area (TPSA) is 107 Å². The number of sulfonamides is 1. The van der Waals surface area contributed by atoms with Crippen LogP contribution in [0.3, 0.4) is 0 Å². The van der Waals surface area contributed by atoms with E-state index in [4.69, 9.17) is 23.2 Å². The van der Waals surface area contributed by atoms with Crippen LogP contribution in [0.15, 0.2) is 23.1 Å². The van der Waals surface area contributed by atoms with Crippen molar-refractivity contribution in [1.29, 1.82) is 0 Å². The number of halogens is 2. The van der Waals surface area contributed by atoms with Crippen molar-refractivity contribution in [2.24, 2.45) is 0 Å². The molecule has 2 N–H and O–H groups in total. The summed E-state index contributed by atoms with van der Waals surface area (Å²) < 4.78 is 25.6. The smallest absolute Gasteiger partial charge is 0.241 e. The summed E-state index contributed by atoms with van der Waals surface area (Å²) in [5.74, 6) is -1.74. The van der Waals surface area contributed by atoms with Crippen molar-refractivity contribution < 1.29 is 23.4 Å². The number of hydrogen-bond donors (Lipinski definition) is 2. The number of carbonyl (C=O) groups is 1. The van der Waals surface area contributed by atoms with Crippen LogP contribution in [0.4, 0.5) is 0 Å². The molecule has 0 saturated heterocycles. The van der Waals surface area contributed by atoms with Crippen molar-refractivity contribution >= 4 is 39.2 Å². The number of rotatable bonds is 5. The Hall–Kier alpha value is -0.860. The lowest BCUT2D eigenvalue weighted by Gasteiger charge is -2.22. The molecule has 0 spiro atoms. The van der Waals surface area contributed by atoms with E-state index in [0.29, 0.717) is 0 Å². The third-order valence-electron chi connectivity index (χ3n) is 2.22. The van der Waals surface area contributed by atoms with Crippen molar-refractivity contribution in [1.82, 2.24) is 4.72 Å². The molecule has 0 bridgehead atoms. The molecule has 0 saturated carbocycles. The molecule has 19 heavy (non-hydrogen) atoms. The maximum Gasteiger partial charge on any atom is 0.241 e. The van der Waals surface area contributed by atoms with Gasteiger partial charge in [-0.15, -0.1) is 0 Å². The Morgan fingerprint density at radius 1 is 1.37 bits per heavy atom. The van der Waals surface area contributed by atoms with Crippen LogP contribution >= 0.6 is 23.2 Å². The van der Waals surface area contributed by atoms with Gasteiger partial charge in [-0.2, -0.15) is 4.72 Å². The van der Waals surface area contributed by atoms with E-state index in [0.717, 1.165) is 19.1 Å². The van der Waals surface area contributed by atoms with E-state index in [1.54, 1.807) is 0 Å². The Balaban J connectivity index is 3.10. The number of hydrogen-bond acceptors (Lipinski definition) is 5. The second-order valence-corrected chi connectivity index (χ2v) is 6.26. The average molecular weight is 327 g/mol. The summed E-state index contributed by atoms with van der Waals surface area (Å²) in [7, 11) is -4.16. The average Bonchev–Trinajstić information content (AvgIpc) is 2.28. The molecule has 0 heterocycles. The van der Waals surface area contributed by atoms with E-state index >= 15 is 0 Å². The second kappa shape index (κ2) is 6.06. The largest absolute Gasteiger partial charge is 0.548 e. The molecule has 106 valence electrons. The molecule has 9 heteroatoms. The third-order valence-corrected chi connectivity index (χ3v) is 4.40. The zero-order valence-electron chi connectivity index (χ0n) is 9.63. The summed E-state index contributed by atoms with van der Waals surface area (Å²) in [5.41, 5.74) is 0. The first-order valence-corrected chi connectivity index (χ1v) is 7.25. The minimum Gasteiger partial charge on any atom is -0.548 e. The number of nitrogens with one attached hydrogen (secondary N) is 1. The monoisotopic (exact) mass is 326 g/mol. The molecule has 0 aliphatic heterocycles. The van der Waals surface area contributed by atoms with Gasteiger partial charge in [0.1, 0.15) is 0 Å². The van der Waals surface area contributed by atoms with Gasteiger partial charge in [0.25, 0.3) is 0 Å². The minimum absolute atomic E-state index is 0.00610. The number of aliphatic hydroxyl groups excluding tert-OH is 1. The Morgan fingerprint density at radius 2 is 1.95 bits per heavy atom. The van der Waals surface area contributed by atoms with Crippen LogP contribution in [-0.4, -0.2) is 31.6 Å². The lowest BCUT2D eigenvalue weighted by atomic mass is 10.2. The fourth-order valence-corrected chi connectivity index (χ4v) is 2.87. The quantitative estimate of drug-likeness (QED) is 0.777. The highest BCUT2D eigenvalue weighted by Gasteiger charge is 2.24. The van der Waals surface area contributed by atoms with Crippen LogP contribution in [0.5, 0.6) is 0 Å². The highest BCUT2D eigenvalue weighted by atomic mass is 35.5. The molecule has 0 radical (unpaired) electrons. The van der Waals surface area contributed by atoms with Gasteiger partial charge in [-0.1, -0.05) is 23.2 Å². The molecule has 0 aromatic heterocycles. The minimum atomic E-state index is -4.16. The van der Waals surface area contributed by atoms with Gasteiger partial charge in [0, 0.05) is 0 Å². The number of benzene rings is 1. The van der Waals surface area contributed by atoms with Crippen molar-refractivity contribution in [3.63, 3.8) is 0 Å². The number of carboxylic acids is 1. The van der Waals surface area contributed by atoms with Gasteiger partial charge in [0.15, 0.2) is 0 Å². The fourth-order valence-electron chi connectivity index (χ4n) is 1.22. The predicted molar refractivity (Wildman–Crippen MR) is 67.3 cm³/mol. The first-order valence-electron chi connectivity index (χ1n) is 5.01. The zero-order valence-corrected chi connectivity index (χ0v) is 12.0. The molecule has 0 amide bonds. The van der Waals surface area contributed by atoms with E-state index in [9.17, 15) is 23.4 Å². The van der Waals surface area contributed by atoms with Crippen LogP contribution in [0, 0.1) is 0 Å². The van der Waals surface area contributed by atoms with Gasteiger partial charge in [0.05, 0.1) is 33.1 Å². The summed E-state index contributed by atoms with van der Waals surface area (Å²) >= 11 is 11.3. The summed E-state index contributed by atoms with van der Waals surface area (Å²) in [5, 5.41) is 20.1. The molecular formula is C10H10Cl2NO5S-. The molecule has 0 unspecified atom stereocenters. The second-order valence-electron chi connectivity index (χ2n) is 3.73. The highest BCUT2D eigenvalue weighted by Crippen LogP contribution is 2.24. The van der Waals surface area contributed by atoms with E-state index in [1.165, 1.54) is 6.07 Å². The van der Waals surface area contributed by atoms with Crippen LogP contribution < -0.4 is 9.83 Å². The molecule has 0 aliphatic carbocycles. The number of aliphatic carboxylic acids is 1. The van der Waals surface area contributed by atoms with E-state index in [2.05, 4.69) is 0 Å². The normalized spacial score (nSPS) is 14.9. The SMILES string of the molecule is C[C@H](O)[C@@H](NS(=O)(=O)c1ccc(Cl)c(Cl)c1)C(=O)[O-]. The molecule has 0 fully saturated rings. The van der Waals surface area contributed by atoms with Gasteiger partial charge in [0.2, 0.25) is 10.0 Å². The van der Waals surface area contributed by atoms with Gasteiger partial charge >= 0.3 is 0 Å². The lowest BCUT2D eigenvalue weighted by molar-refractivity contribution is -0.309. The molecule has 1 rings (SSSR count). The van der Waals surface area contributed by atoms with Gasteiger partial charge in [-0.25, -0.2) is 8.42 Å². The Labute approximate surface area is 120 Å². The molecule has 6 nitrogen and oxygen atoms in total. The summed E-state index contributed by atoms with van der Waals surface area (Å²) in [6.07, 6.45) is -1.46. The van der Waals surface area contributed by atoms with Crippen molar-refractivity contribution in [3.05, 3.63) is 28.2 Å². The molecule has 1 aromatic rings. The van der Waals surface area contributed by atoms with Crippen LogP contribution in [0.2, 0.25) is 10.0 Å². The summed E-state index contributed by atoms with van der Waals surface area (Å²) in [4.78, 5) is 10.5. The maximum atomic E-state index is 11.9. The van der Waals surface area contributed by atoms with Crippen molar-refractivity contribution in [2.45, 2.75) is 24.0 Å². The molecular weight excluding hydrogens is 317 g/mol. The van der Waals surface area contributed by atoms with Crippen LogP contribution in [-0.2, 0) is 14.8 Å². The highest BCUT2D eigenvalue weighted by molar-refractivity contribution is 7.89. The van der Waals surface area contributed by atoms with Crippen molar-refractivity contribution in [3.8, 4) is 0 Å². The predicted octanol–water partition coefficient (Wildman–Crippen LogP) is -0.229. The number of aliphatic hydroxyl groups is 1. The maximum absolute atomic E-state index is 11.9. The Morgan fingerprint density at radius 3 is 2.37 bits per heavy atom. The number of carbonyl (C=O) groups excluding carboxylic acids is 1.